The Morgan fingerprint density at radius 2 is 1.81 bits per heavy atom. The molecule has 4 nitrogen and oxygen atoms in total. The molecule has 3 heterocycles. The van der Waals surface area contributed by atoms with Gasteiger partial charge in [0.05, 0.1) is 11.2 Å². The fraction of sp³-hybridized carbons (Fsp3) is 0.364. The zero-order valence-electron chi connectivity index (χ0n) is 16.1. The Morgan fingerprint density at radius 3 is 2.52 bits per heavy atom. The first-order chi connectivity index (χ1) is 13.0. The highest BCUT2D eigenvalue weighted by molar-refractivity contribution is 9.10. The van der Waals surface area contributed by atoms with Crippen LogP contribution in [0.15, 0.2) is 53.3 Å². The number of benzene rings is 1. The fourth-order valence-electron chi connectivity index (χ4n) is 4.13. The molecule has 2 aromatic heterocycles. The molecule has 1 saturated heterocycles. The van der Waals surface area contributed by atoms with Crippen LogP contribution in [-0.2, 0) is 6.54 Å². The Kier molecular flexibility index (Phi) is 5.15. The van der Waals surface area contributed by atoms with Gasteiger partial charge in [0.15, 0.2) is 0 Å². The molecule has 0 radical (unpaired) electrons. The second kappa shape index (κ2) is 7.56. The minimum absolute atomic E-state index is 0.451. The molecule has 2 atom stereocenters. The van der Waals surface area contributed by atoms with Crippen LogP contribution in [0.3, 0.4) is 0 Å². The lowest BCUT2D eigenvalue weighted by molar-refractivity contribution is 0.121. The quantitative estimate of drug-likeness (QED) is 0.604. The van der Waals surface area contributed by atoms with Gasteiger partial charge < -0.3 is 4.90 Å². The molecule has 3 aromatic rings. The first-order valence-corrected chi connectivity index (χ1v) is 10.3. The van der Waals surface area contributed by atoms with E-state index in [0.717, 1.165) is 35.3 Å². The number of hydrogen-bond acceptors (Lipinski definition) is 4. The van der Waals surface area contributed by atoms with Crippen molar-refractivity contribution in [1.29, 1.82) is 0 Å². The van der Waals surface area contributed by atoms with Gasteiger partial charge in [-0.15, -0.1) is 0 Å². The number of hydrogen-bond donors (Lipinski definition) is 0. The van der Waals surface area contributed by atoms with Crippen LogP contribution >= 0.6 is 15.9 Å². The van der Waals surface area contributed by atoms with Gasteiger partial charge in [-0.1, -0.05) is 6.07 Å². The molecular weight excluding hydrogens is 400 g/mol. The van der Waals surface area contributed by atoms with Crippen molar-refractivity contribution in [3.63, 3.8) is 0 Å². The predicted octanol–water partition coefficient (Wildman–Crippen LogP) is 4.80. The molecule has 0 bridgehead atoms. The average molecular weight is 425 g/mol. The number of pyridine rings is 2. The second-order valence-electron chi connectivity index (χ2n) is 7.54. The molecule has 0 N–H and O–H groups in total. The molecule has 1 aliphatic rings. The summed E-state index contributed by atoms with van der Waals surface area (Å²) in [6.07, 6.45) is 3.76. The monoisotopic (exact) mass is 424 g/mol. The normalized spacial score (nSPS) is 21.0. The molecule has 2 unspecified atom stereocenters. The summed E-state index contributed by atoms with van der Waals surface area (Å²) in [7, 11) is 0. The third kappa shape index (κ3) is 3.71. The lowest BCUT2D eigenvalue weighted by Crippen LogP contribution is -2.56. The number of piperazine rings is 1. The van der Waals surface area contributed by atoms with E-state index in [1.54, 1.807) is 0 Å². The minimum Gasteiger partial charge on any atom is -0.368 e. The summed E-state index contributed by atoms with van der Waals surface area (Å²) in [5, 5.41) is 1.25. The van der Waals surface area contributed by atoms with Crippen LogP contribution in [0.5, 0.6) is 0 Å². The van der Waals surface area contributed by atoms with Gasteiger partial charge in [0.2, 0.25) is 0 Å². The van der Waals surface area contributed by atoms with Crippen LogP contribution in [0.2, 0.25) is 0 Å². The van der Waals surface area contributed by atoms with E-state index in [1.165, 1.54) is 16.6 Å². The van der Waals surface area contributed by atoms with Crippen LogP contribution in [0, 0.1) is 6.92 Å². The van der Waals surface area contributed by atoms with Gasteiger partial charge in [-0.2, -0.15) is 0 Å². The lowest BCUT2D eigenvalue weighted by atomic mass is 10.0. The number of aromatic nitrogens is 2. The Morgan fingerprint density at radius 1 is 1.04 bits per heavy atom. The molecule has 140 valence electrons. The molecule has 1 aliphatic heterocycles. The van der Waals surface area contributed by atoms with E-state index in [1.807, 2.05) is 18.5 Å². The first kappa shape index (κ1) is 18.4. The fourth-order valence-corrected chi connectivity index (χ4v) is 4.36. The van der Waals surface area contributed by atoms with Crippen molar-refractivity contribution in [1.82, 2.24) is 14.9 Å². The summed E-state index contributed by atoms with van der Waals surface area (Å²) < 4.78 is 1.03. The smallest absolute Gasteiger partial charge is 0.0751 e. The second-order valence-corrected chi connectivity index (χ2v) is 8.46. The maximum absolute atomic E-state index is 4.60. The van der Waals surface area contributed by atoms with Crippen LogP contribution in [0.25, 0.3) is 10.9 Å². The minimum atomic E-state index is 0.451. The van der Waals surface area contributed by atoms with Crippen molar-refractivity contribution in [2.24, 2.45) is 0 Å². The van der Waals surface area contributed by atoms with E-state index >= 15 is 0 Å². The Hall–Kier alpha value is -1.98. The van der Waals surface area contributed by atoms with E-state index in [4.69, 9.17) is 0 Å². The molecule has 0 spiro atoms. The lowest BCUT2D eigenvalue weighted by Gasteiger charge is -2.45. The molecule has 27 heavy (non-hydrogen) atoms. The van der Waals surface area contributed by atoms with Gasteiger partial charge in [-0.3, -0.25) is 14.9 Å². The SMILES string of the molecule is Cc1ccc(N2CC(C)N(Cc3ccc(Br)cn3)C(C)C2)c2cccnc12. The number of fused-ring (bicyclic) bond motifs is 1. The van der Waals surface area contributed by atoms with Gasteiger partial charge in [0, 0.05) is 59.7 Å². The van der Waals surface area contributed by atoms with E-state index in [-0.39, 0.29) is 0 Å². The van der Waals surface area contributed by atoms with Crippen molar-refractivity contribution in [2.75, 3.05) is 18.0 Å². The topological polar surface area (TPSA) is 32.3 Å². The maximum Gasteiger partial charge on any atom is 0.0751 e. The Balaban J connectivity index is 1.57. The van der Waals surface area contributed by atoms with Gasteiger partial charge >= 0.3 is 0 Å². The first-order valence-electron chi connectivity index (χ1n) is 9.48. The Labute approximate surface area is 169 Å². The number of nitrogens with zero attached hydrogens (tertiary/aromatic N) is 4. The van der Waals surface area contributed by atoms with Gasteiger partial charge in [-0.25, -0.2) is 0 Å². The highest BCUT2D eigenvalue weighted by Crippen LogP contribution is 2.31. The summed E-state index contributed by atoms with van der Waals surface area (Å²) in [4.78, 5) is 14.2. The van der Waals surface area contributed by atoms with Crippen LogP contribution in [0.4, 0.5) is 5.69 Å². The van der Waals surface area contributed by atoms with Crippen molar-refractivity contribution in [3.05, 3.63) is 64.5 Å². The van der Waals surface area contributed by atoms with Gasteiger partial charge in [0.25, 0.3) is 0 Å². The van der Waals surface area contributed by atoms with E-state index in [2.05, 4.69) is 86.8 Å². The van der Waals surface area contributed by atoms with E-state index in [9.17, 15) is 0 Å². The molecule has 0 aliphatic carbocycles. The van der Waals surface area contributed by atoms with Crippen molar-refractivity contribution < 1.29 is 0 Å². The van der Waals surface area contributed by atoms with Crippen LogP contribution in [-0.4, -0.2) is 40.0 Å². The van der Waals surface area contributed by atoms with E-state index in [0.29, 0.717) is 12.1 Å². The summed E-state index contributed by atoms with van der Waals surface area (Å²) in [5.41, 5.74) is 4.76. The summed E-state index contributed by atoms with van der Waals surface area (Å²) in [6, 6.07) is 13.8. The summed E-state index contributed by atoms with van der Waals surface area (Å²) >= 11 is 3.46. The third-order valence-corrected chi connectivity index (χ3v) is 5.99. The molecule has 0 saturated carbocycles. The number of aryl methyl sites for hydroxylation is 1. The molecule has 4 rings (SSSR count). The van der Waals surface area contributed by atoms with Crippen molar-refractivity contribution in [2.45, 2.75) is 39.4 Å². The number of rotatable bonds is 3. The predicted molar refractivity (Wildman–Crippen MR) is 115 cm³/mol. The number of halogens is 1. The zero-order valence-corrected chi connectivity index (χ0v) is 17.6. The molecular formula is C22H25BrN4. The highest BCUT2D eigenvalue weighted by atomic mass is 79.9. The standard InChI is InChI=1S/C22H25BrN4/c1-15-6-9-21(20-5-4-10-24-22(15)20)26-12-16(2)27(17(3)13-26)14-19-8-7-18(23)11-25-19/h4-11,16-17H,12-14H2,1-3H3. The average Bonchev–Trinajstić information content (AvgIpc) is 2.66. The Bertz CT molecular complexity index is 929. The summed E-state index contributed by atoms with van der Waals surface area (Å²) in [5.74, 6) is 0. The van der Waals surface area contributed by atoms with Crippen LogP contribution in [0.1, 0.15) is 25.1 Å². The zero-order chi connectivity index (χ0) is 19.0. The van der Waals surface area contributed by atoms with Crippen molar-refractivity contribution >= 4 is 32.5 Å². The van der Waals surface area contributed by atoms with Crippen molar-refractivity contribution in [3.8, 4) is 0 Å². The number of anilines is 1. The molecule has 5 heteroatoms. The van der Waals surface area contributed by atoms with Gasteiger partial charge in [-0.05, 0) is 72.6 Å². The van der Waals surface area contributed by atoms with Crippen LogP contribution < -0.4 is 4.90 Å². The third-order valence-electron chi connectivity index (χ3n) is 5.52. The molecule has 1 fully saturated rings. The van der Waals surface area contributed by atoms with E-state index < -0.39 is 0 Å². The molecule has 0 amide bonds. The largest absolute Gasteiger partial charge is 0.368 e. The highest BCUT2D eigenvalue weighted by Gasteiger charge is 2.30. The molecule has 1 aromatic carbocycles. The maximum atomic E-state index is 4.60. The van der Waals surface area contributed by atoms with Gasteiger partial charge in [0.1, 0.15) is 0 Å². The summed E-state index contributed by atoms with van der Waals surface area (Å²) in [6.45, 7) is 9.67.